The van der Waals surface area contributed by atoms with E-state index in [0.717, 1.165) is 0 Å². The third-order valence-electron chi connectivity index (χ3n) is 4.39. The number of benzene rings is 3. The Morgan fingerprint density at radius 1 is 0.885 bits per heavy atom. The molecule has 3 aromatic rings. The van der Waals surface area contributed by atoms with Crippen molar-refractivity contribution in [1.82, 2.24) is 0 Å². The first-order chi connectivity index (χ1) is 12.5. The van der Waals surface area contributed by atoms with Crippen LogP contribution in [0.4, 0.5) is 8.78 Å². The van der Waals surface area contributed by atoms with E-state index in [-0.39, 0.29) is 11.7 Å². The van der Waals surface area contributed by atoms with Crippen LogP contribution < -0.4 is 0 Å². The number of hydrogen-bond acceptors (Lipinski definition) is 0. The molecule has 26 heavy (non-hydrogen) atoms. The zero-order valence-corrected chi connectivity index (χ0v) is 15.2. The van der Waals surface area contributed by atoms with Crippen molar-refractivity contribution in [3.63, 3.8) is 0 Å². The van der Waals surface area contributed by atoms with E-state index in [9.17, 15) is 8.78 Å². The first kappa shape index (κ1) is 18.3. The van der Waals surface area contributed by atoms with E-state index in [2.05, 4.69) is 19.1 Å². The molecule has 0 aliphatic rings. The highest BCUT2D eigenvalue weighted by Crippen LogP contribution is 2.23. The fraction of sp³-hybridized carbons (Fsp3) is 0.130. The Morgan fingerprint density at radius 3 is 2.35 bits per heavy atom. The monoisotopic (exact) mass is 368 g/mol. The molecule has 0 N–H and O–H groups in total. The zero-order chi connectivity index (χ0) is 18.5. The van der Waals surface area contributed by atoms with E-state index in [1.165, 1.54) is 17.7 Å². The Kier molecular flexibility index (Phi) is 5.85. The molecule has 0 aromatic heterocycles. The minimum Gasteiger partial charge on any atom is -0.207 e. The summed E-state index contributed by atoms with van der Waals surface area (Å²) in [6.07, 6.45) is 3.94. The Hall–Kier alpha value is -2.45. The maximum atomic E-state index is 14.5. The van der Waals surface area contributed by atoms with Crippen molar-refractivity contribution in [2.24, 2.45) is 0 Å². The van der Waals surface area contributed by atoms with Gasteiger partial charge < -0.3 is 0 Å². The smallest absolute Gasteiger partial charge is 0.131 e. The molecule has 1 atom stereocenters. The molecule has 132 valence electrons. The molecular weight excluding hydrogens is 350 g/mol. The second kappa shape index (κ2) is 8.29. The lowest BCUT2D eigenvalue weighted by molar-refractivity contribution is 0.597. The zero-order valence-electron chi connectivity index (χ0n) is 14.4. The van der Waals surface area contributed by atoms with Gasteiger partial charge in [-0.2, -0.15) is 0 Å². The minimum absolute atomic E-state index is 0.232. The third kappa shape index (κ3) is 4.59. The maximum absolute atomic E-state index is 14.5. The van der Waals surface area contributed by atoms with E-state index in [1.807, 2.05) is 24.3 Å². The lowest BCUT2D eigenvalue weighted by Crippen LogP contribution is -2.00. The Morgan fingerprint density at radius 2 is 1.65 bits per heavy atom. The fourth-order valence-corrected chi connectivity index (χ4v) is 3.04. The molecule has 0 fully saturated rings. The highest BCUT2D eigenvalue weighted by molar-refractivity contribution is 6.30. The fourth-order valence-electron chi connectivity index (χ4n) is 2.88. The summed E-state index contributed by atoms with van der Waals surface area (Å²) in [5.41, 5.74) is 2.97. The number of halogens is 3. The number of hydrogen-bond donors (Lipinski definition) is 0. The summed E-state index contributed by atoms with van der Waals surface area (Å²) < 4.78 is 28.3. The van der Waals surface area contributed by atoms with E-state index in [0.29, 0.717) is 28.1 Å². The van der Waals surface area contributed by atoms with Gasteiger partial charge in [0.1, 0.15) is 11.6 Å². The molecule has 0 nitrogen and oxygen atoms in total. The SMILES string of the molecule is C[C@H](Cc1ccc(C=Cc2ccc(Cl)cc2F)cc1F)c1ccccc1. The molecule has 0 saturated carbocycles. The first-order valence-electron chi connectivity index (χ1n) is 8.49. The largest absolute Gasteiger partial charge is 0.207 e. The summed E-state index contributed by atoms with van der Waals surface area (Å²) in [4.78, 5) is 0. The van der Waals surface area contributed by atoms with Crippen molar-refractivity contribution in [3.05, 3.63) is 106 Å². The van der Waals surface area contributed by atoms with E-state index >= 15 is 0 Å². The summed E-state index contributed by atoms with van der Waals surface area (Å²) in [7, 11) is 0. The molecule has 3 rings (SSSR count). The molecule has 0 unspecified atom stereocenters. The molecule has 0 aliphatic heterocycles. The molecule has 0 saturated heterocycles. The standard InChI is InChI=1S/C23H19ClF2/c1-16(18-5-3-2-4-6-18)13-20-10-8-17(14-22(20)25)7-9-19-11-12-21(24)15-23(19)26/h2-12,14-16H,13H2,1H3/t16-/m1/s1. The van der Waals surface area contributed by atoms with Crippen molar-refractivity contribution >= 4 is 23.8 Å². The molecule has 3 aromatic carbocycles. The molecule has 0 bridgehead atoms. The summed E-state index contributed by atoms with van der Waals surface area (Å²) in [6, 6.07) is 19.7. The Labute approximate surface area is 157 Å². The molecule has 0 heterocycles. The lowest BCUT2D eigenvalue weighted by Gasteiger charge is -2.13. The predicted molar refractivity (Wildman–Crippen MR) is 105 cm³/mol. The van der Waals surface area contributed by atoms with Crippen molar-refractivity contribution in [3.8, 4) is 0 Å². The normalized spacial score (nSPS) is 12.5. The van der Waals surface area contributed by atoms with Crippen molar-refractivity contribution < 1.29 is 8.78 Å². The van der Waals surface area contributed by atoms with Gasteiger partial charge in [-0.25, -0.2) is 8.78 Å². The van der Waals surface area contributed by atoms with Gasteiger partial charge in [-0.15, -0.1) is 0 Å². The van der Waals surface area contributed by atoms with Crippen molar-refractivity contribution in [1.29, 1.82) is 0 Å². The second-order valence-electron chi connectivity index (χ2n) is 6.37. The van der Waals surface area contributed by atoms with Crippen LogP contribution in [0.1, 0.15) is 35.1 Å². The molecule has 0 amide bonds. The summed E-state index contributed by atoms with van der Waals surface area (Å²) in [5.74, 6) is -0.413. The Balaban J connectivity index is 1.74. The molecule has 0 radical (unpaired) electrons. The van der Waals surface area contributed by atoms with Gasteiger partial charge in [0.2, 0.25) is 0 Å². The third-order valence-corrected chi connectivity index (χ3v) is 4.62. The van der Waals surface area contributed by atoms with Crippen LogP contribution in [0.25, 0.3) is 12.2 Å². The topological polar surface area (TPSA) is 0 Å². The van der Waals surface area contributed by atoms with Gasteiger partial charge in [-0.3, -0.25) is 0 Å². The van der Waals surface area contributed by atoms with E-state index in [4.69, 9.17) is 11.6 Å². The van der Waals surface area contributed by atoms with Crippen LogP contribution in [-0.2, 0) is 6.42 Å². The molecule has 0 spiro atoms. The highest BCUT2D eigenvalue weighted by atomic mass is 35.5. The van der Waals surface area contributed by atoms with Crippen LogP contribution in [0.2, 0.25) is 5.02 Å². The van der Waals surface area contributed by atoms with Gasteiger partial charge >= 0.3 is 0 Å². The lowest BCUT2D eigenvalue weighted by atomic mass is 9.93. The van der Waals surface area contributed by atoms with Gasteiger partial charge in [0.05, 0.1) is 0 Å². The highest BCUT2D eigenvalue weighted by Gasteiger charge is 2.10. The van der Waals surface area contributed by atoms with Crippen molar-refractivity contribution in [2.75, 3.05) is 0 Å². The van der Waals surface area contributed by atoms with Crippen LogP contribution in [0.15, 0.2) is 66.7 Å². The summed E-state index contributed by atoms with van der Waals surface area (Å²) in [5, 5.41) is 0.350. The molecule has 0 aliphatic carbocycles. The van der Waals surface area contributed by atoms with Crippen LogP contribution in [0.3, 0.4) is 0 Å². The summed E-state index contributed by atoms with van der Waals surface area (Å²) >= 11 is 5.74. The van der Waals surface area contributed by atoms with Gasteiger partial charge in [0, 0.05) is 10.6 Å². The average molecular weight is 369 g/mol. The van der Waals surface area contributed by atoms with Crippen LogP contribution >= 0.6 is 11.6 Å². The predicted octanol–water partition coefficient (Wildman–Crippen LogP) is 7.13. The quantitative estimate of drug-likeness (QED) is 0.420. The average Bonchev–Trinajstić information content (AvgIpc) is 2.63. The summed E-state index contributed by atoms with van der Waals surface area (Å²) in [6.45, 7) is 2.09. The van der Waals surface area contributed by atoms with Gasteiger partial charge in [-0.1, -0.05) is 79.2 Å². The Bertz CT molecular complexity index is 917. The van der Waals surface area contributed by atoms with Crippen molar-refractivity contribution in [2.45, 2.75) is 19.3 Å². The van der Waals surface area contributed by atoms with Crippen LogP contribution in [0, 0.1) is 11.6 Å². The number of rotatable bonds is 5. The second-order valence-corrected chi connectivity index (χ2v) is 6.80. The van der Waals surface area contributed by atoms with Gasteiger partial charge in [0.15, 0.2) is 0 Å². The first-order valence-corrected chi connectivity index (χ1v) is 8.87. The van der Waals surface area contributed by atoms with Crippen LogP contribution in [0.5, 0.6) is 0 Å². The van der Waals surface area contributed by atoms with E-state index in [1.54, 1.807) is 30.4 Å². The minimum atomic E-state index is -0.400. The van der Waals surface area contributed by atoms with Crippen LogP contribution in [-0.4, -0.2) is 0 Å². The maximum Gasteiger partial charge on any atom is 0.131 e. The van der Waals surface area contributed by atoms with E-state index < -0.39 is 5.82 Å². The van der Waals surface area contributed by atoms with Gasteiger partial charge in [0.25, 0.3) is 0 Å². The van der Waals surface area contributed by atoms with Gasteiger partial charge in [-0.05, 0) is 47.2 Å². The molecular formula is C23H19ClF2. The molecule has 3 heteroatoms.